The van der Waals surface area contributed by atoms with Crippen molar-refractivity contribution in [2.45, 2.75) is 42.8 Å². The molecule has 0 aliphatic heterocycles. The zero-order valence-corrected chi connectivity index (χ0v) is 24.0. The van der Waals surface area contributed by atoms with Crippen molar-refractivity contribution in [3.63, 3.8) is 0 Å². The van der Waals surface area contributed by atoms with Gasteiger partial charge in [-0.25, -0.2) is 13.0 Å². The Kier molecular flexibility index (Phi) is 11.2. The van der Waals surface area contributed by atoms with Crippen molar-refractivity contribution in [1.82, 2.24) is 10.0 Å². The first-order chi connectivity index (χ1) is 18.5. The van der Waals surface area contributed by atoms with Crippen LogP contribution in [0, 0.1) is 0 Å². The van der Waals surface area contributed by atoms with Crippen molar-refractivity contribution in [3.05, 3.63) is 94.5 Å². The molecule has 0 heterocycles. The summed E-state index contributed by atoms with van der Waals surface area (Å²) < 4.78 is 70.0. The van der Waals surface area contributed by atoms with E-state index in [1.807, 2.05) is 30.3 Å². The van der Waals surface area contributed by atoms with Crippen molar-refractivity contribution in [1.29, 1.82) is 0 Å². The number of halogens is 3. The lowest BCUT2D eigenvalue weighted by Gasteiger charge is -2.20. The molecule has 0 aliphatic rings. The molecule has 3 N–H and O–H groups in total. The molecule has 0 aromatic heterocycles. The Balaban J connectivity index is 1.71. The Morgan fingerprint density at radius 3 is 2.23 bits per heavy atom. The average Bonchev–Trinajstić information content (AvgIpc) is 2.90. The molecule has 2 unspecified atom stereocenters. The highest BCUT2D eigenvalue weighted by molar-refractivity contribution is 9.10. The average molecular weight is 645 g/mol. The van der Waals surface area contributed by atoms with E-state index in [9.17, 15) is 31.5 Å². The van der Waals surface area contributed by atoms with E-state index < -0.39 is 35.7 Å². The van der Waals surface area contributed by atoms with E-state index >= 15 is 0 Å². The minimum Gasteiger partial charge on any atom is -0.420 e. The predicted molar refractivity (Wildman–Crippen MR) is 147 cm³/mol. The van der Waals surface area contributed by atoms with Crippen molar-refractivity contribution < 1.29 is 36.0 Å². The van der Waals surface area contributed by atoms with Gasteiger partial charge in [-0.15, -0.1) is 0 Å². The van der Waals surface area contributed by atoms with Gasteiger partial charge in [0.1, 0.15) is 11.8 Å². The molecule has 1 amide bonds. The van der Waals surface area contributed by atoms with E-state index in [0.717, 1.165) is 12.8 Å². The highest BCUT2D eigenvalue weighted by Gasteiger charge is 2.35. The fourth-order valence-corrected chi connectivity index (χ4v) is 6.01. The summed E-state index contributed by atoms with van der Waals surface area (Å²) in [7, 11) is -9.24. The summed E-state index contributed by atoms with van der Waals surface area (Å²) in [6.07, 6.45) is -1.33. The summed E-state index contributed by atoms with van der Waals surface area (Å²) in [6, 6.07) is 20.3. The van der Waals surface area contributed by atoms with Gasteiger partial charge >= 0.3 is 13.8 Å². The van der Waals surface area contributed by atoms with Crippen molar-refractivity contribution in [2.75, 3.05) is 6.54 Å². The normalized spacial score (nSPS) is 14.0. The maximum atomic E-state index is 13.1. The van der Waals surface area contributed by atoms with Gasteiger partial charge in [-0.3, -0.25) is 4.79 Å². The van der Waals surface area contributed by atoms with E-state index in [2.05, 4.69) is 30.5 Å². The van der Waals surface area contributed by atoms with Crippen molar-refractivity contribution >= 4 is 39.5 Å². The smallest absolute Gasteiger partial charge is 0.420 e. The van der Waals surface area contributed by atoms with Crippen LogP contribution in [0.5, 0.6) is 5.75 Å². The number of nitrogens with one attached hydrogen (secondary N) is 2. The van der Waals surface area contributed by atoms with Gasteiger partial charge < -0.3 is 14.7 Å². The number of carbonyl (C=O) groups excluding carboxylic acids is 1. The monoisotopic (exact) mass is 644 g/mol. The molecule has 8 nitrogen and oxygen atoms in total. The molecule has 3 aromatic rings. The van der Waals surface area contributed by atoms with E-state index in [4.69, 9.17) is 0 Å². The predicted octanol–water partition coefficient (Wildman–Crippen LogP) is 5.26. The van der Waals surface area contributed by atoms with Gasteiger partial charge in [0.05, 0.1) is 9.37 Å². The van der Waals surface area contributed by atoms with Crippen LogP contribution in [0.25, 0.3) is 0 Å². The van der Waals surface area contributed by atoms with Crippen LogP contribution in [0.15, 0.2) is 88.2 Å². The summed E-state index contributed by atoms with van der Waals surface area (Å²) in [4.78, 5) is 22.4. The number of hydrogen-bond donors (Lipinski definition) is 3. The Morgan fingerprint density at radius 1 is 0.974 bits per heavy atom. The lowest BCUT2D eigenvalue weighted by molar-refractivity contribution is -0.122. The summed E-state index contributed by atoms with van der Waals surface area (Å²) in [5, 5.41) is 2.78. The van der Waals surface area contributed by atoms with Crippen LogP contribution in [0.3, 0.4) is 0 Å². The maximum Gasteiger partial charge on any atom is 0.442 e. The number of aryl methyl sites for hydroxylation is 1. The van der Waals surface area contributed by atoms with Gasteiger partial charge in [0, 0.05) is 6.54 Å². The van der Waals surface area contributed by atoms with Crippen LogP contribution in [-0.2, 0) is 32.2 Å². The van der Waals surface area contributed by atoms with Gasteiger partial charge in [-0.05, 0) is 77.0 Å². The molecule has 0 saturated carbocycles. The lowest BCUT2D eigenvalue weighted by Crippen LogP contribution is -2.48. The fourth-order valence-electron chi connectivity index (χ4n) is 3.64. The highest BCUT2D eigenvalue weighted by Crippen LogP contribution is 2.50. The van der Waals surface area contributed by atoms with Crippen molar-refractivity contribution in [3.8, 4) is 5.75 Å². The molecule has 0 bridgehead atoms. The second-order valence-electron chi connectivity index (χ2n) is 8.62. The summed E-state index contributed by atoms with van der Waals surface area (Å²) >= 11 is 3.11. The molecule has 0 saturated heterocycles. The summed E-state index contributed by atoms with van der Waals surface area (Å²) in [5.41, 5.74) is 1.63. The van der Waals surface area contributed by atoms with Crippen LogP contribution in [0.1, 0.15) is 24.0 Å². The number of amides is 1. The Bertz CT molecular complexity index is 1400. The first kappa shape index (κ1) is 30.9. The van der Waals surface area contributed by atoms with E-state index in [1.165, 1.54) is 35.9 Å². The molecule has 3 aromatic carbocycles. The van der Waals surface area contributed by atoms with Gasteiger partial charge in [0.15, 0.2) is 0 Å². The number of carbonyl (C=O) groups is 1. The molecule has 13 heteroatoms. The number of alkyl halides is 2. The van der Waals surface area contributed by atoms with Gasteiger partial charge in [0.2, 0.25) is 15.9 Å². The molecule has 2 atom stereocenters. The zero-order chi connectivity index (χ0) is 28.5. The standard InChI is InChI=1S/C26H28BrF2N2O6PS/c27-22-17-20(14-15-24(22)37-38(33,34)26(28)29)18-23(31-39(35,36)21-12-5-2-6-13-21)25(32)30-16-8-7-11-19-9-3-1-4-10-19/h1-6,9-10,12-15,17,23,26,31H,7-8,11,16,18H2,(H,30,32)(H,33,34). The van der Waals surface area contributed by atoms with Gasteiger partial charge in [-0.2, -0.15) is 13.5 Å². The lowest BCUT2D eigenvalue weighted by atomic mass is 10.1. The second kappa shape index (κ2) is 14.1. The third-order valence-electron chi connectivity index (χ3n) is 5.61. The molecular formula is C26H28BrF2N2O6PS. The highest BCUT2D eigenvalue weighted by atomic mass is 79.9. The quantitative estimate of drug-likeness (QED) is 0.162. The first-order valence-electron chi connectivity index (χ1n) is 12.0. The van der Waals surface area contributed by atoms with Crippen LogP contribution in [0.4, 0.5) is 8.78 Å². The van der Waals surface area contributed by atoms with Crippen LogP contribution < -0.4 is 14.6 Å². The topological polar surface area (TPSA) is 122 Å². The largest absolute Gasteiger partial charge is 0.442 e. The van der Waals surface area contributed by atoms with Crippen LogP contribution >= 0.6 is 23.5 Å². The molecule has 0 radical (unpaired) electrons. The van der Waals surface area contributed by atoms with Gasteiger partial charge in [0.25, 0.3) is 0 Å². The molecule has 0 aliphatic carbocycles. The minimum absolute atomic E-state index is 0.0127. The summed E-state index contributed by atoms with van der Waals surface area (Å²) in [6.45, 7) is 0.338. The second-order valence-corrected chi connectivity index (χ2v) is 12.9. The van der Waals surface area contributed by atoms with Crippen LogP contribution in [-0.4, -0.2) is 38.0 Å². The van der Waals surface area contributed by atoms with E-state index in [1.54, 1.807) is 18.2 Å². The van der Waals surface area contributed by atoms with E-state index in [0.29, 0.717) is 18.5 Å². The SMILES string of the molecule is O=C(NCCCCc1ccccc1)C(Cc1ccc(OP(=O)(O)C(F)F)c(Br)c1)NS(=O)(=O)c1ccccc1. The minimum atomic E-state index is -5.19. The molecule has 39 heavy (non-hydrogen) atoms. The molecule has 0 spiro atoms. The van der Waals surface area contributed by atoms with Gasteiger partial charge in [-0.1, -0.05) is 54.6 Å². The fraction of sp³-hybridized carbons (Fsp3) is 0.269. The molecule has 210 valence electrons. The number of hydrogen-bond acceptors (Lipinski definition) is 5. The maximum absolute atomic E-state index is 13.1. The Morgan fingerprint density at radius 2 is 1.62 bits per heavy atom. The Labute approximate surface area is 234 Å². The number of unbranched alkanes of at least 4 members (excludes halogenated alkanes) is 1. The van der Waals surface area contributed by atoms with Crippen LogP contribution in [0.2, 0.25) is 0 Å². The zero-order valence-electron chi connectivity index (χ0n) is 20.7. The summed E-state index contributed by atoms with van der Waals surface area (Å²) in [5.74, 6) is -0.836. The number of sulfonamides is 1. The molecular weight excluding hydrogens is 617 g/mol. The van der Waals surface area contributed by atoms with Crippen molar-refractivity contribution in [2.24, 2.45) is 0 Å². The first-order valence-corrected chi connectivity index (χ1v) is 15.9. The number of rotatable bonds is 14. The molecule has 0 fully saturated rings. The third kappa shape index (κ3) is 9.51. The Hall–Kier alpha value is -2.63. The third-order valence-corrected chi connectivity index (χ3v) is 8.67. The molecule has 3 rings (SSSR count). The van der Waals surface area contributed by atoms with E-state index in [-0.39, 0.29) is 21.5 Å². The number of benzene rings is 3.